The second kappa shape index (κ2) is 8.49. The van der Waals surface area contributed by atoms with Crippen molar-refractivity contribution in [2.24, 2.45) is 5.92 Å². The van der Waals surface area contributed by atoms with Gasteiger partial charge in [0.1, 0.15) is 0 Å². The highest BCUT2D eigenvalue weighted by Gasteiger charge is 2.28. The molecule has 0 aliphatic carbocycles. The predicted octanol–water partition coefficient (Wildman–Crippen LogP) is 4.05. The Hall–Kier alpha value is -1.78. The fraction of sp³-hybridized carbons (Fsp3) is 0.565. The lowest BCUT2D eigenvalue weighted by molar-refractivity contribution is 0.128. The normalized spacial score (nSPS) is 22.6. The number of nitrogens with zero attached hydrogens (tertiary/aromatic N) is 4. The second-order valence-corrected chi connectivity index (χ2v) is 8.53. The summed E-state index contributed by atoms with van der Waals surface area (Å²) in [6.45, 7) is 10.9. The van der Waals surface area contributed by atoms with E-state index in [4.69, 9.17) is 0 Å². The molecule has 0 saturated carbocycles. The molecule has 2 aromatic rings. The maximum atomic E-state index is 4.57. The van der Waals surface area contributed by atoms with Crippen LogP contribution in [0.4, 0.5) is 0 Å². The van der Waals surface area contributed by atoms with Crippen molar-refractivity contribution in [3.63, 3.8) is 0 Å². The monoisotopic (exact) mass is 364 g/mol. The molecule has 2 aliphatic heterocycles. The molecule has 4 heterocycles. The number of hydrogen-bond acceptors (Lipinski definition) is 4. The lowest BCUT2D eigenvalue weighted by Gasteiger charge is -2.36. The maximum absolute atomic E-state index is 4.57. The van der Waals surface area contributed by atoms with E-state index in [9.17, 15) is 0 Å². The highest BCUT2D eigenvalue weighted by molar-refractivity contribution is 5.59. The average Bonchev–Trinajstić information content (AvgIpc) is 3.18. The molecule has 27 heavy (non-hydrogen) atoms. The van der Waals surface area contributed by atoms with E-state index < -0.39 is 0 Å². The van der Waals surface area contributed by atoms with Crippen LogP contribution in [-0.4, -0.2) is 58.5 Å². The number of aromatic nitrogens is 2. The van der Waals surface area contributed by atoms with E-state index in [1.807, 2.05) is 30.7 Å². The molecule has 0 N–H and O–H groups in total. The molecule has 1 atom stereocenters. The molecular formula is C23H32N4. The highest BCUT2D eigenvalue weighted by Crippen LogP contribution is 2.31. The van der Waals surface area contributed by atoms with Gasteiger partial charge in [-0.2, -0.15) is 0 Å². The van der Waals surface area contributed by atoms with Crippen LogP contribution in [0.25, 0.3) is 11.3 Å². The topological polar surface area (TPSA) is 32.3 Å². The van der Waals surface area contributed by atoms with Gasteiger partial charge < -0.3 is 9.80 Å². The predicted molar refractivity (Wildman–Crippen MR) is 111 cm³/mol. The fourth-order valence-corrected chi connectivity index (χ4v) is 4.67. The SMILES string of the molecule is CC(C)N1CCC(CN2CCC(c3ccnc(-c4ccncc4)c3)C2)CC1. The molecule has 0 bridgehead atoms. The Labute approximate surface area is 163 Å². The largest absolute Gasteiger partial charge is 0.302 e. The zero-order chi connectivity index (χ0) is 18.6. The summed E-state index contributed by atoms with van der Waals surface area (Å²) in [6, 6.07) is 9.26. The number of likely N-dealkylation sites (tertiary alicyclic amines) is 2. The standard InChI is InChI=1S/C23H32N4/c1-18(2)27-13-6-19(7-14-27)16-26-12-8-22(17-26)21-5-11-25-23(15-21)20-3-9-24-10-4-20/h3-5,9-11,15,18-19,22H,6-8,12-14,16-17H2,1-2H3. The van der Waals surface area contributed by atoms with Crippen LogP contribution in [-0.2, 0) is 0 Å². The van der Waals surface area contributed by atoms with Crippen molar-refractivity contribution < 1.29 is 0 Å². The molecule has 4 rings (SSSR count). The summed E-state index contributed by atoms with van der Waals surface area (Å²) in [5.41, 5.74) is 3.65. The highest BCUT2D eigenvalue weighted by atomic mass is 15.2. The Balaban J connectivity index is 1.34. The summed E-state index contributed by atoms with van der Waals surface area (Å²) in [5, 5.41) is 0. The molecule has 0 radical (unpaired) electrons. The maximum Gasteiger partial charge on any atom is 0.0705 e. The van der Waals surface area contributed by atoms with Gasteiger partial charge in [0.05, 0.1) is 5.69 Å². The van der Waals surface area contributed by atoms with Crippen molar-refractivity contribution in [3.8, 4) is 11.3 Å². The van der Waals surface area contributed by atoms with E-state index in [0.717, 1.165) is 17.2 Å². The van der Waals surface area contributed by atoms with Crippen LogP contribution >= 0.6 is 0 Å². The van der Waals surface area contributed by atoms with Crippen LogP contribution in [0.15, 0.2) is 42.9 Å². The Morgan fingerprint density at radius 1 is 1.00 bits per heavy atom. The van der Waals surface area contributed by atoms with Gasteiger partial charge in [-0.1, -0.05) is 0 Å². The lowest BCUT2D eigenvalue weighted by atomic mass is 9.95. The van der Waals surface area contributed by atoms with Gasteiger partial charge in [0, 0.05) is 43.3 Å². The van der Waals surface area contributed by atoms with E-state index in [0.29, 0.717) is 12.0 Å². The van der Waals surface area contributed by atoms with Crippen molar-refractivity contribution >= 4 is 0 Å². The first kappa shape index (κ1) is 18.6. The minimum atomic E-state index is 0.643. The van der Waals surface area contributed by atoms with Crippen LogP contribution < -0.4 is 0 Å². The lowest BCUT2D eigenvalue weighted by Crippen LogP contribution is -2.41. The average molecular weight is 365 g/mol. The number of piperidine rings is 1. The number of rotatable bonds is 5. The second-order valence-electron chi connectivity index (χ2n) is 8.53. The van der Waals surface area contributed by atoms with E-state index >= 15 is 0 Å². The van der Waals surface area contributed by atoms with Crippen LogP contribution in [0.2, 0.25) is 0 Å². The molecule has 2 aromatic heterocycles. The van der Waals surface area contributed by atoms with Crippen LogP contribution in [0.5, 0.6) is 0 Å². The molecule has 4 nitrogen and oxygen atoms in total. The van der Waals surface area contributed by atoms with Crippen molar-refractivity contribution in [1.82, 2.24) is 19.8 Å². The van der Waals surface area contributed by atoms with Gasteiger partial charge in [-0.25, -0.2) is 0 Å². The zero-order valence-corrected chi connectivity index (χ0v) is 16.7. The van der Waals surface area contributed by atoms with Crippen LogP contribution in [0.3, 0.4) is 0 Å². The first-order chi connectivity index (χ1) is 13.2. The molecule has 0 aromatic carbocycles. The molecule has 4 heteroatoms. The van der Waals surface area contributed by atoms with Gasteiger partial charge in [-0.05, 0) is 94.4 Å². The summed E-state index contributed by atoms with van der Waals surface area (Å²) in [5.74, 6) is 1.52. The molecular weight excluding hydrogens is 332 g/mol. The van der Waals surface area contributed by atoms with E-state index in [2.05, 4.69) is 45.7 Å². The third-order valence-electron chi connectivity index (χ3n) is 6.40. The van der Waals surface area contributed by atoms with Crippen molar-refractivity contribution in [1.29, 1.82) is 0 Å². The molecule has 2 fully saturated rings. The Kier molecular flexibility index (Phi) is 5.84. The van der Waals surface area contributed by atoms with E-state index in [-0.39, 0.29) is 0 Å². The van der Waals surface area contributed by atoms with Gasteiger partial charge in [0.25, 0.3) is 0 Å². The molecule has 2 aliphatic rings. The quantitative estimate of drug-likeness (QED) is 0.801. The van der Waals surface area contributed by atoms with Gasteiger partial charge in [0.2, 0.25) is 0 Å². The number of pyridine rings is 2. The van der Waals surface area contributed by atoms with E-state index in [1.165, 1.54) is 57.5 Å². The first-order valence-electron chi connectivity index (χ1n) is 10.5. The van der Waals surface area contributed by atoms with Gasteiger partial charge in [-0.15, -0.1) is 0 Å². The Morgan fingerprint density at radius 3 is 2.52 bits per heavy atom. The van der Waals surface area contributed by atoms with Gasteiger partial charge >= 0.3 is 0 Å². The van der Waals surface area contributed by atoms with Crippen molar-refractivity contribution in [2.75, 3.05) is 32.7 Å². The molecule has 2 saturated heterocycles. The molecule has 1 unspecified atom stereocenters. The summed E-state index contributed by atoms with van der Waals surface area (Å²) < 4.78 is 0. The fourth-order valence-electron chi connectivity index (χ4n) is 4.67. The minimum Gasteiger partial charge on any atom is -0.302 e. The molecule has 144 valence electrons. The van der Waals surface area contributed by atoms with Crippen LogP contribution in [0.1, 0.15) is 44.6 Å². The third-order valence-corrected chi connectivity index (χ3v) is 6.40. The minimum absolute atomic E-state index is 0.643. The zero-order valence-electron chi connectivity index (χ0n) is 16.7. The van der Waals surface area contributed by atoms with Gasteiger partial charge in [0.15, 0.2) is 0 Å². The summed E-state index contributed by atoms with van der Waals surface area (Å²) in [7, 11) is 0. The number of hydrogen-bond donors (Lipinski definition) is 0. The Morgan fingerprint density at radius 2 is 1.78 bits per heavy atom. The van der Waals surface area contributed by atoms with Crippen LogP contribution in [0, 0.1) is 5.92 Å². The molecule has 0 amide bonds. The van der Waals surface area contributed by atoms with E-state index in [1.54, 1.807) is 0 Å². The molecule has 0 spiro atoms. The van der Waals surface area contributed by atoms with Gasteiger partial charge in [-0.3, -0.25) is 9.97 Å². The first-order valence-corrected chi connectivity index (χ1v) is 10.5. The Bertz CT molecular complexity index is 722. The smallest absolute Gasteiger partial charge is 0.0705 e. The summed E-state index contributed by atoms with van der Waals surface area (Å²) in [6.07, 6.45) is 9.64. The third kappa shape index (κ3) is 4.56. The summed E-state index contributed by atoms with van der Waals surface area (Å²) >= 11 is 0. The van der Waals surface area contributed by atoms with Crippen molar-refractivity contribution in [3.05, 3.63) is 48.4 Å². The van der Waals surface area contributed by atoms with Crippen molar-refractivity contribution in [2.45, 2.75) is 45.1 Å². The summed E-state index contributed by atoms with van der Waals surface area (Å²) in [4.78, 5) is 14.0.